The Morgan fingerprint density at radius 1 is 0.500 bits per heavy atom. The molecule has 0 atom stereocenters. The quantitative estimate of drug-likeness (QED) is 0.114. The minimum absolute atomic E-state index is 0.0952. The summed E-state index contributed by atoms with van der Waals surface area (Å²) in [5.41, 5.74) is 3.20. The topological polar surface area (TPSA) is 144 Å². The third-order valence-corrected chi connectivity index (χ3v) is 16.1. The summed E-state index contributed by atoms with van der Waals surface area (Å²) >= 11 is 2.87. The molecule has 22 heteroatoms. The van der Waals surface area contributed by atoms with E-state index in [0.717, 1.165) is 77.8 Å². The zero-order valence-electron chi connectivity index (χ0n) is 34.8. The molecule has 0 aliphatic carbocycles. The van der Waals surface area contributed by atoms with Crippen LogP contribution in [-0.4, -0.2) is 116 Å². The molecule has 2 aliphatic heterocycles. The van der Waals surface area contributed by atoms with Crippen LogP contribution in [0.2, 0.25) is 0 Å². The van der Waals surface area contributed by atoms with Gasteiger partial charge < -0.3 is 28.7 Å². The average Bonchev–Trinajstić information content (AvgIpc) is 4.01. The van der Waals surface area contributed by atoms with Crippen LogP contribution in [0.5, 0.6) is 23.0 Å². The second kappa shape index (κ2) is 19.7. The first-order valence-corrected chi connectivity index (χ1v) is 24.1. The SMILES string of the molecule is COc1cc(OC)cc(-c2csc(N3CCN(S(=O)(=O)c4c(F)cccc4F)CC3)n2)c1.COc1ccc(-c2csc(N3CCN(S(=O)(=O)c4c(F)cccc4F)CC3)n2)cc1OC. The summed E-state index contributed by atoms with van der Waals surface area (Å²) < 4.78 is 131. The molecular weight excluding hydrogens is 921 g/mol. The van der Waals surface area contributed by atoms with E-state index in [1.807, 2.05) is 44.8 Å². The van der Waals surface area contributed by atoms with Crippen molar-refractivity contribution in [1.29, 1.82) is 0 Å². The highest BCUT2D eigenvalue weighted by atomic mass is 32.2. The summed E-state index contributed by atoms with van der Waals surface area (Å²) in [6.45, 7) is 1.80. The van der Waals surface area contributed by atoms with Gasteiger partial charge in [-0.1, -0.05) is 12.1 Å². The Balaban J connectivity index is 0.000000191. The van der Waals surface area contributed by atoms with Crippen LogP contribution in [-0.2, 0) is 20.0 Å². The highest BCUT2D eigenvalue weighted by Crippen LogP contribution is 2.36. The number of methoxy groups -OCH3 is 4. The van der Waals surface area contributed by atoms with Gasteiger partial charge in [0, 0.05) is 80.3 Å². The molecule has 0 bridgehead atoms. The van der Waals surface area contributed by atoms with E-state index < -0.39 is 53.1 Å². The van der Waals surface area contributed by atoms with Crippen LogP contribution in [0.4, 0.5) is 27.8 Å². The van der Waals surface area contributed by atoms with E-state index in [1.54, 1.807) is 40.6 Å². The van der Waals surface area contributed by atoms with E-state index in [2.05, 4.69) is 9.97 Å². The fraction of sp³-hybridized carbons (Fsp3) is 0.286. The molecule has 4 aromatic carbocycles. The maximum atomic E-state index is 14.0. The Morgan fingerprint density at radius 2 is 0.906 bits per heavy atom. The molecule has 14 nitrogen and oxygen atoms in total. The molecule has 340 valence electrons. The molecule has 6 aromatic rings. The van der Waals surface area contributed by atoms with Crippen LogP contribution in [0.25, 0.3) is 22.5 Å². The van der Waals surface area contributed by atoms with Crippen molar-refractivity contribution in [2.24, 2.45) is 0 Å². The number of aromatic nitrogens is 2. The van der Waals surface area contributed by atoms with Crippen LogP contribution < -0.4 is 28.7 Å². The molecule has 64 heavy (non-hydrogen) atoms. The second-order valence-electron chi connectivity index (χ2n) is 14.1. The van der Waals surface area contributed by atoms with Gasteiger partial charge in [-0.3, -0.25) is 0 Å². The number of benzene rings is 4. The van der Waals surface area contributed by atoms with Gasteiger partial charge in [0.1, 0.15) is 34.8 Å². The summed E-state index contributed by atoms with van der Waals surface area (Å²) in [5.74, 6) is -1.86. The Morgan fingerprint density at radius 3 is 1.30 bits per heavy atom. The van der Waals surface area contributed by atoms with Gasteiger partial charge in [0.05, 0.1) is 39.8 Å². The van der Waals surface area contributed by atoms with E-state index in [-0.39, 0.29) is 26.2 Å². The lowest BCUT2D eigenvalue weighted by molar-refractivity contribution is 0.355. The van der Waals surface area contributed by atoms with Crippen LogP contribution in [0.15, 0.2) is 93.3 Å². The van der Waals surface area contributed by atoms with E-state index in [9.17, 15) is 34.4 Å². The zero-order chi connectivity index (χ0) is 45.8. The Labute approximate surface area is 375 Å². The van der Waals surface area contributed by atoms with Gasteiger partial charge in [-0.25, -0.2) is 44.4 Å². The van der Waals surface area contributed by atoms with Gasteiger partial charge in [-0.05, 0) is 54.6 Å². The Hall–Kier alpha value is -5.52. The first-order chi connectivity index (χ1) is 30.7. The molecule has 0 spiro atoms. The second-order valence-corrected chi connectivity index (χ2v) is 19.5. The predicted molar refractivity (Wildman–Crippen MR) is 236 cm³/mol. The highest BCUT2D eigenvalue weighted by Gasteiger charge is 2.35. The number of thiazole rings is 2. The standard InChI is InChI=1S/2C21H21F2N3O4S2/c1-29-15-10-14(11-16(12-15)30-2)19-13-31-21(24-19)25-6-8-26(9-7-25)32(27,28)20-17(22)4-3-5-18(20)23;1-29-18-7-6-14(12-19(18)30-2)17-13-31-21(24-17)25-8-10-26(11-9-25)32(27,28)20-15(22)4-3-5-16(20)23/h3-5,10-13H,6-9H2,1-2H3;3-7,12-13H,8-11H2,1-2H3. The highest BCUT2D eigenvalue weighted by molar-refractivity contribution is 7.89. The number of hydrogen-bond donors (Lipinski definition) is 0. The first kappa shape index (κ1) is 46.5. The fourth-order valence-corrected chi connectivity index (χ4v) is 11.8. The Kier molecular flexibility index (Phi) is 14.3. The van der Waals surface area contributed by atoms with E-state index in [4.69, 9.17) is 18.9 Å². The number of hydrogen-bond acceptors (Lipinski definition) is 14. The van der Waals surface area contributed by atoms with Crippen molar-refractivity contribution in [3.05, 3.63) is 107 Å². The molecule has 8 rings (SSSR count). The molecule has 0 radical (unpaired) electrons. The lowest BCUT2D eigenvalue weighted by Crippen LogP contribution is -2.49. The first-order valence-electron chi connectivity index (χ1n) is 19.4. The van der Waals surface area contributed by atoms with Crippen molar-refractivity contribution >= 4 is 53.0 Å². The van der Waals surface area contributed by atoms with Crippen LogP contribution in [0.3, 0.4) is 0 Å². The van der Waals surface area contributed by atoms with Crippen molar-refractivity contribution in [3.63, 3.8) is 0 Å². The third-order valence-electron chi connectivity index (χ3n) is 10.4. The fourth-order valence-electron chi connectivity index (χ4n) is 6.99. The molecule has 2 aliphatic rings. The zero-order valence-corrected chi connectivity index (χ0v) is 38.1. The van der Waals surface area contributed by atoms with Crippen molar-refractivity contribution < 1.29 is 53.3 Å². The summed E-state index contributed by atoms with van der Waals surface area (Å²) in [6.07, 6.45) is 0. The van der Waals surface area contributed by atoms with Gasteiger partial charge in [0.15, 0.2) is 31.6 Å². The predicted octanol–water partition coefficient (Wildman–Crippen LogP) is 7.23. The van der Waals surface area contributed by atoms with Crippen molar-refractivity contribution in [2.45, 2.75) is 9.79 Å². The normalized spacial score (nSPS) is 15.1. The molecule has 0 N–H and O–H groups in total. The molecule has 0 unspecified atom stereocenters. The molecule has 0 amide bonds. The Bertz CT molecular complexity index is 2770. The maximum Gasteiger partial charge on any atom is 0.249 e. The number of sulfonamides is 2. The molecule has 4 heterocycles. The number of anilines is 2. The van der Waals surface area contributed by atoms with Gasteiger partial charge in [-0.2, -0.15) is 8.61 Å². The monoisotopic (exact) mass is 962 g/mol. The number of piperazine rings is 2. The van der Waals surface area contributed by atoms with Crippen molar-refractivity contribution in [2.75, 3.05) is 90.6 Å². The van der Waals surface area contributed by atoms with Crippen molar-refractivity contribution in [3.8, 4) is 45.5 Å². The van der Waals surface area contributed by atoms with Crippen LogP contribution >= 0.6 is 22.7 Å². The average molecular weight is 963 g/mol. The van der Waals surface area contributed by atoms with Crippen molar-refractivity contribution in [1.82, 2.24) is 18.6 Å². The summed E-state index contributed by atoms with van der Waals surface area (Å²) in [7, 11) is -2.25. The molecule has 0 saturated carbocycles. The van der Waals surface area contributed by atoms with Gasteiger partial charge in [0.2, 0.25) is 20.0 Å². The number of nitrogens with zero attached hydrogens (tertiary/aromatic N) is 6. The lowest BCUT2D eigenvalue weighted by atomic mass is 10.1. The van der Waals surface area contributed by atoms with Gasteiger partial charge in [-0.15, -0.1) is 22.7 Å². The summed E-state index contributed by atoms with van der Waals surface area (Å²) in [6, 6.07) is 17.1. The lowest BCUT2D eigenvalue weighted by Gasteiger charge is -2.33. The number of rotatable bonds is 12. The minimum atomic E-state index is -4.27. The summed E-state index contributed by atoms with van der Waals surface area (Å²) in [4.78, 5) is 11.4. The number of halogens is 4. The molecule has 2 aromatic heterocycles. The summed E-state index contributed by atoms with van der Waals surface area (Å²) in [5, 5.41) is 5.29. The van der Waals surface area contributed by atoms with Crippen LogP contribution in [0.1, 0.15) is 0 Å². The van der Waals surface area contributed by atoms with E-state index in [1.165, 1.54) is 22.7 Å². The van der Waals surface area contributed by atoms with Crippen LogP contribution in [0, 0.1) is 23.3 Å². The smallest absolute Gasteiger partial charge is 0.249 e. The molecule has 2 fully saturated rings. The largest absolute Gasteiger partial charge is 0.497 e. The maximum absolute atomic E-state index is 14.0. The minimum Gasteiger partial charge on any atom is -0.497 e. The third kappa shape index (κ3) is 9.76. The van der Waals surface area contributed by atoms with Gasteiger partial charge in [0.25, 0.3) is 0 Å². The van der Waals surface area contributed by atoms with E-state index in [0.29, 0.717) is 49.2 Å². The molecule has 2 saturated heterocycles. The van der Waals surface area contributed by atoms with E-state index >= 15 is 0 Å². The number of ether oxygens (including phenoxy) is 4. The van der Waals surface area contributed by atoms with Gasteiger partial charge >= 0.3 is 0 Å². The molecular formula is C42H42F4N6O8S4.